The van der Waals surface area contributed by atoms with E-state index >= 15 is 0 Å². The zero-order valence-electron chi connectivity index (χ0n) is 23.5. The molecule has 0 aliphatic carbocycles. The molecule has 37 heavy (non-hydrogen) atoms. The second-order valence-electron chi connectivity index (χ2n) is 10.1. The molecule has 2 rings (SSSR count). The molecule has 0 bridgehead atoms. The number of carbonyl (C=O) groups is 1. The Balaban J connectivity index is 1.58. The van der Waals surface area contributed by atoms with Gasteiger partial charge in [0.1, 0.15) is 5.75 Å². The second-order valence-corrected chi connectivity index (χ2v) is 10.1. The highest BCUT2D eigenvalue weighted by Crippen LogP contribution is 2.21. The third kappa shape index (κ3) is 14.8. The highest BCUT2D eigenvalue weighted by Gasteiger charge is 2.07. The van der Waals surface area contributed by atoms with Crippen LogP contribution in [0.3, 0.4) is 0 Å². The standard InChI is InChI=1S/C32H50N2O3/c1-3-5-7-9-11-13-15-17-19-25-36-29-23-21-28(22-24-29)32-33-26-30(27-34-32)37-31(35)20-18-16-14-12-10-8-6-4-2/h21-24,26-27H,3-20,25H2,1-2H3. The van der Waals surface area contributed by atoms with Gasteiger partial charge in [0.05, 0.1) is 19.0 Å². The first kappa shape index (κ1) is 30.8. The molecule has 0 saturated carbocycles. The lowest BCUT2D eigenvalue weighted by Gasteiger charge is -2.08. The van der Waals surface area contributed by atoms with Gasteiger partial charge in [-0.25, -0.2) is 9.97 Å². The van der Waals surface area contributed by atoms with Crippen LogP contribution in [0.1, 0.15) is 129 Å². The minimum atomic E-state index is -0.212. The van der Waals surface area contributed by atoms with Crippen molar-refractivity contribution in [2.75, 3.05) is 6.61 Å². The zero-order valence-corrected chi connectivity index (χ0v) is 23.5. The Morgan fingerprint density at radius 3 is 1.65 bits per heavy atom. The number of aromatic nitrogens is 2. The fraction of sp³-hybridized carbons (Fsp3) is 0.656. The largest absolute Gasteiger partial charge is 0.494 e. The maximum atomic E-state index is 12.1. The summed E-state index contributed by atoms with van der Waals surface area (Å²) >= 11 is 0. The van der Waals surface area contributed by atoms with Gasteiger partial charge in [0.15, 0.2) is 11.6 Å². The number of carbonyl (C=O) groups excluding carboxylic acids is 1. The van der Waals surface area contributed by atoms with E-state index in [1.807, 2.05) is 24.3 Å². The van der Waals surface area contributed by atoms with E-state index in [0.29, 0.717) is 18.0 Å². The van der Waals surface area contributed by atoms with Crippen LogP contribution in [0.4, 0.5) is 0 Å². The van der Waals surface area contributed by atoms with Gasteiger partial charge in [-0.1, -0.05) is 110 Å². The minimum Gasteiger partial charge on any atom is -0.494 e. The Morgan fingerprint density at radius 2 is 1.11 bits per heavy atom. The molecule has 0 atom stereocenters. The third-order valence-electron chi connectivity index (χ3n) is 6.72. The van der Waals surface area contributed by atoms with Crippen LogP contribution in [0, 0.1) is 0 Å². The molecule has 0 spiro atoms. The Labute approximate surface area is 225 Å². The lowest BCUT2D eigenvalue weighted by atomic mass is 10.1. The molecule has 2 aromatic rings. The van der Waals surface area contributed by atoms with Crippen molar-refractivity contribution >= 4 is 5.97 Å². The summed E-state index contributed by atoms with van der Waals surface area (Å²) in [6, 6.07) is 7.86. The first-order chi connectivity index (χ1) is 18.2. The molecule has 0 saturated heterocycles. The van der Waals surface area contributed by atoms with Gasteiger partial charge in [0, 0.05) is 12.0 Å². The molecule has 0 amide bonds. The Bertz CT molecular complexity index is 821. The van der Waals surface area contributed by atoms with E-state index < -0.39 is 0 Å². The van der Waals surface area contributed by atoms with Crippen LogP contribution in [0.25, 0.3) is 11.4 Å². The average molecular weight is 511 g/mol. The van der Waals surface area contributed by atoms with Crippen molar-refractivity contribution in [3.8, 4) is 22.9 Å². The fourth-order valence-electron chi connectivity index (χ4n) is 4.41. The second kappa shape index (κ2) is 20.6. The van der Waals surface area contributed by atoms with Gasteiger partial charge >= 0.3 is 5.97 Å². The Morgan fingerprint density at radius 1 is 0.622 bits per heavy atom. The monoisotopic (exact) mass is 510 g/mol. The topological polar surface area (TPSA) is 61.3 Å². The van der Waals surface area contributed by atoms with Crippen LogP contribution in [0.5, 0.6) is 11.5 Å². The van der Waals surface area contributed by atoms with E-state index in [4.69, 9.17) is 9.47 Å². The summed E-state index contributed by atoms with van der Waals surface area (Å²) in [4.78, 5) is 20.8. The fourth-order valence-corrected chi connectivity index (χ4v) is 4.41. The number of benzene rings is 1. The number of unbranched alkanes of at least 4 members (excludes halogenated alkanes) is 15. The average Bonchev–Trinajstić information content (AvgIpc) is 2.92. The predicted molar refractivity (Wildman–Crippen MR) is 153 cm³/mol. The predicted octanol–water partition coefficient (Wildman–Crippen LogP) is 9.49. The summed E-state index contributed by atoms with van der Waals surface area (Å²) < 4.78 is 11.3. The molecule has 0 fully saturated rings. The van der Waals surface area contributed by atoms with Gasteiger partial charge in [-0.15, -0.1) is 0 Å². The zero-order chi connectivity index (χ0) is 26.4. The van der Waals surface area contributed by atoms with E-state index in [1.54, 1.807) is 12.4 Å². The molecule has 5 heteroatoms. The van der Waals surface area contributed by atoms with E-state index in [-0.39, 0.29) is 5.97 Å². The van der Waals surface area contributed by atoms with E-state index in [9.17, 15) is 4.79 Å². The van der Waals surface area contributed by atoms with Gasteiger partial charge in [-0.05, 0) is 37.1 Å². The molecule has 1 aromatic carbocycles. The summed E-state index contributed by atoms with van der Waals surface area (Å²) in [5.74, 6) is 1.66. The molecule has 0 aliphatic rings. The van der Waals surface area contributed by atoms with Crippen molar-refractivity contribution in [2.24, 2.45) is 0 Å². The maximum absolute atomic E-state index is 12.1. The van der Waals surface area contributed by atoms with Crippen LogP contribution in [0.15, 0.2) is 36.7 Å². The molecule has 0 unspecified atom stereocenters. The SMILES string of the molecule is CCCCCCCCCCCOc1ccc(-c2ncc(OC(=O)CCCCCCCCCC)cn2)cc1. The number of rotatable bonds is 22. The van der Waals surface area contributed by atoms with Crippen molar-refractivity contribution in [1.29, 1.82) is 0 Å². The number of esters is 1. The summed E-state index contributed by atoms with van der Waals surface area (Å²) in [7, 11) is 0. The van der Waals surface area contributed by atoms with Crippen LogP contribution < -0.4 is 9.47 Å². The smallest absolute Gasteiger partial charge is 0.311 e. The summed E-state index contributed by atoms with van der Waals surface area (Å²) in [5, 5.41) is 0. The number of hydrogen-bond donors (Lipinski definition) is 0. The first-order valence-electron chi connectivity index (χ1n) is 15.0. The molecular weight excluding hydrogens is 460 g/mol. The molecule has 0 aliphatic heterocycles. The highest BCUT2D eigenvalue weighted by atomic mass is 16.5. The molecule has 5 nitrogen and oxygen atoms in total. The highest BCUT2D eigenvalue weighted by molar-refractivity contribution is 5.72. The van der Waals surface area contributed by atoms with Gasteiger partial charge in [-0.2, -0.15) is 0 Å². The van der Waals surface area contributed by atoms with Gasteiger partial charge in [0.25, 0.3) is 0 Å². The van der Waals surface area contributed by atoms with E-state index in [2.05, 4.69) is 23.8 Å². The maximum Gasteiger partial charge on any atom is 0.311 e. The van der Waals surface area contributed by atoms with Gasteiger partial charge < -0.3 is 9.47 Å². The van der Waals surface area contributed by atoms with Crippen LogP contribution >= 0.6 is 0 Å². The number of hydrogen-bond acceptors (Lipinski definition) is 5. The molecule has 0 N–H and O–H groups in total. The van der Waals surface area contributed by atoms with Crippen LogP contribution in [0.2, 0.25) is 0 Å². The third-order valence-corrected chi connectivity index (χ3v) is 6.72. The van der Waals surface area contributed by atoms with Crippen LogP contribution in [-0.4, -0.2) is 22.5 Å². The molecule has 1 heterocycles. The lowest BCUT2D eigenvalue weighted by Crippen LogP contribution is -2.08. The summed E-state index contributed by atoms with van der Waals surface area (Å²) in [6.45, 7) is 5.25. The number of nitrogens with zero attached hydrogens (tertiary/aromatic N) is 2. The Kier molecular flexibility index (Phi) is 17.1. The minimum absolute atomic E-state index is 0.212. The van der Waals surface area contributed by atoms with Crippen molar-refractivity contribution < 1.29 is 14.3 Å². The van der Waals surface area contributed by atoms with Crippen molar-refractivity contribution in [3.05, 3.63) is 36.7 Å². The molecule has 1 aromatic heterocycles. The Hall–Kier alpha value is -2.43. The quantitative estimate of drug-likeness (QED) is 0.117. The summed E-state index contributed by atoms with van der Waals surface area (Å²) in [5.41, 5.74) is 0.909. The normalized spacial score (nSPS) is 11.0. The van der Waals surface area contributed by atoms with E-state index in [0.717, 1.165) is 37.2 Å². The lowest BCUT2D eigenvalue weighted by molar-refractivity contribution is -0.134. The van der Waals surface area contributed by atoms with Crippen LogP contribution in [-0.2, 0) is 4.79 Å². The van der Waals surface area contributed by atoms with Gasteiger partial charge in [0.2, 0.25) is 0 Å². The summed E-state index contributed by atoms with van der Waals surface area (Å²) in [6.07, 6.45) is 25.0. The van der Waals surface area contributed by atoms with Crippen molar-refractivity contribution in [1.82, 2.24) is 9.97 Å². The van der Waals surface area contributed by atoms with Gasteiger partial charge in [-0.3, -0.25) is 4.79 Å². The first-order valence-corrected chi connectivity index (χ1v) is 15.0. The van der Waals surface area contributed by atoms with Crippen molar-refractivity contribution in [2.45, 2.75) is 129 Å². The van der Waals surface area contributed by atoms with Crippen molar-refractivity contribution in [3.63, 3.8) is 0 Å². The van der Waals surface area contributed by atoms with E-state index in [1.165, 1.54) is 89.9 Å². The molecular formula is C32H50N2O3. The molecule has 206 valence electrons. The molecule has 0 radical (unpaired) electrons. The number of ether oxygens (including phenoxy) is 2.